The average Bonchev–Trinajstić information content (AvgIpc) is 2.56. The van der Waals surface area contributed by atoms with Crippen LogP contribution >= 0.6 is 7.82 Å². The van der Waals surface area contributed by atoms with Gasteiger partial charge in [-0.05, 0) is 23.8 Å². The molecule has 3 rings (SSSR count). The molecule has 1 atom stereocenters. The Hall–Kier alpha value is -1.55. The summed E-state index contributed by atoms with van der Waals surface area (Å²) >= 11 is 0. The van der Waals surface area contributed by atoms with Gasteiger partial charge in [0.15, 0.2) is 0 Å². The van der Waals surface area contributed by atoms with Gasteiger partial charge in [0.1, 0.15) is 11.5 Å². The maximum Gasteiger partial charge on any atom is 1.00 e. The first-order chi connectivity index (χ1) is 11.1. The van der Waals surface area contributed by atoms with E-state index in [-0.39, 0.29) is 41.1 Å². The third kappa shape index (κ3) is 4.97. The first kappa shape index (κ1) is 18.8. The van der Waals surface area contributed by atoms with Crippen LogP contribution in [0.15, 0.2) is 84.9 Å². The van der Waals surface area contributed by atoms with E-state index in [9.17, 15) is 9.46 Å². The monoisotopic (exact) mass is 348 g/mol. The van der Waals surface area contributed by atoms with Crippen molar-refractivity contribution in [1.29, 1.82) is 0 Å². The van der Waals surface area contributed by atoms with Crippen molar-refractivity contribution in [1.82, 2.24) is 0 Å². The van der Waals surface area contributed by atoms with E-state index in [1.54, 1.807) is 48.5 Å². The normalized spacial score (nSPS) is 12.5. The predicted molar refractivity (Wildman–Crippen MR) is 87.2 cm³/mol. The minimum atomic E-state index is -4.53. The van der Waals surface area contributed by atoms with Crippen LogP contribution in [0.2, 0.25) is 0 Å². The Morgan fingerprint density at radius 1 is 0.708 bits per heavy atom. The van der Waals surface area contributed by atoms with Crippen LogP contribution in [0.3, 0.4) is 0 Å². The third-order valence-corrected chi connectivity index (χ3v) is 4.00. The van der Waals surface area contributed by atoms with E-state index < -0.39 is 7.82 Å². The second kappa shape index (κ2) is 8.52. The van der Waals surface area contributed by atoms with E-state index in [2.05, 4.69) is 0 Å². The molecule has 0 aromatic heterocycles. The second-order valence-electron chi connectivity index (χ2n) is 4.81. The minimum Gasteiger partial charge on any atom is -0.736 e. The van der Waals surface area contributed by atoms with Crippen LogP contribution in [0.1, 0.15) is 0 Å². The molecule has 116 valence electrons. The maximum atomic E-state index is 12.1. The van der Waals surface area contributed by atoms with E-state index in [4.69, 9.17) is 9.05 Å². The van der Waals surface area contributed by atoms with E-state index in [1.165, 1.54) is 0 Å². The van der Waals surface area contributed by atoms with Gasteiger partial charge in [0, 0.05) is 5.56 Å². The molecule has 4 nitrogen and oxygen atoms in total. The van der Waals surface area contributed by atoms with Crippen molar-refractivity contribution in [3.05, 3.63) is 84.9 Å². The van der Waals surface area contributed by atoms with E-state index in [0.29, 0.717) is 5.56 Å². The molecule has 0 radical (unpaired) electrons. The molecule has 0 heterocycles. The van der Waals surface area contributed by atoms with Gasteiger partial charge in [-0.2, -0.15) is 0 Å². The van der Waals surface area contributed by atoms with Crippen molar-refractivity contribution >= 4 is 7.82 Å². The van der Waals surface area contributed by atoms with Gasteiger partial charge in [0.2, 0.25) is 0 Å². The van der Waals surface area contributed by atoms with Gasteiger partial charge in [-0.25, -0.2) is 4.57 Å². The summed E-state index contributed by atoms with van der Waals surface area (Å²) in [4.78, 5) is 12.1. The van der Waals surface area contributed by atoms with Crippen LogP contribution in [0.5, 0.6) is 11.5 Å². The zero-order chi connectivity index (χ0) is 16.1. The standard InChI is InChI=1S/C18H15O4P.Na/c19-23(20,21-16-11-5-2-6-12-16)22-18-14-8-7-13-17(18)15-9-3-1-4-10-15;/h1-14H,(H,19,20);/q;+1/p-1. The summed E-state index contributed by atoms with van der Waals surface area (Å²) in [5.74, 6) is 0.441. The number of hydrogen-bond acceptors (Lipinski definition) is 4. The smallest absolute Gasteiger partial charge is 0.736 e. The van der Waals surface area contributed by atoms with Gasteiger partial charge in [-0.3, -0.25) is 0 Å². The van der Waals surface area contributed by atoms with Gasteiger partial charge in [-0.15, -0.1) is 0 Å². The van der Waals surface area contributed by atoms with Crippen molar-refractivity contribution < 1.29 is 48.1 Å². The zero-order valence-corrected chi connectivity index (χ0v) is 16.1. The summed E-state index contributed by atoms with van der Waals surface area (Å²) in [5.41, 5.74) is 1.55. The van der Waals surface area contributed by atoms with Crippen molar-refractivity contribution in [3.63, 3.8) is 0 Å². The molecular formula is C18H14NaO4P. The Balaban J connectivity index is 0.00000208. The second-order valence-corrected chi connectivity index (χ2v) is 6.06. The Morgan fingerprint density at radius 2 is 1.25 bits per heavy atom. The van der Waals surface area contributed by atoms with Crippen LogP contribution in [-0.2, 0) is 4.57 Å². The van der Waals surface area contributed by atoms with Crippen molar-refractivity contribution in [2.75, 3.05) is 0 Å². The molecule has 0 saturated heterocycles. The number of phosphoric ester groups is 1. The molecule has 0 spiro atoms. The molecule has 3 aromatic carbocycles. The van der Waals surface area contributed by atoms with Crippen molar-refractivity contribution in [2.24, 2.45) is 0 Å². The number of hydrogen-bond donors (Lipinski definition) is 0. The summed E-state index contributed by atoms with van der Waals surface area (Å²) in [5, 5.41) is 0. The molecule has 6 heteroatoms. The van der Waals surface area contributed by atoms with Crippen molar-refractivity contribution in [2.45, 2.75) is 0 Å². The fourth-order valence-corrected chi connectivity index (χ4v) is 2.97. The molecule has 0 aliphatic heterocycles. The fraction of sp³-hybridized carbons (Fsp3) is 0. The average molecular weight is 348 g/mol. The Bertz CT molecular complexity index is 825. The topological polar surface area (TPSA) is 58.6 Å². The van der Waals surface area contributed by atoms with Gasteiger partial charge in [0.05, 0.1) is 0 Å². The van der Waals surface area contributed by atoms with Crippen LogP contribution in [0.25, 0.3) is 11.1 Å². The molecule has 0 aliphatic carbocycles. The Morgan fingerprint density at radius 3 is 1.92 bits per heavy atom. The van der Waals surface area contributed by atoms with E-state index in [1.807, 2.05) is 36.4 Å². The number of phosphoric acid groups is 1. The quantitative estimate of drug-likeness (QED) is 0.515. The minimum absolute atomic E-state index is 0. The maximum absolute atomic E-state index is 12.1. The zero-order valence-electron chi connectivity index (χ0n) is 13.2. The molecule has 3 aromatic rings. The predicted octanol–water partition coefficient (Wildman–Crippen LogP) is 1.28. The first-order valence-corrected chi connectivity index (χ1v) is 8.50. The van der Waals surface area contributed by atoms with Crippen LogP contribution < -0.4 is 43.5 Å². The van der Waals surface area contributed by atoms with Crippen LogP contribution in [0, 0.1) is 0 Å². The van der Waals surface area contributed by atoms with Gasteiger partial charge in [0.25, 0.3) is 0 Å². The van der Waals surface area contributed by atoms with Crippen LogP contribution in [0.4, 0.5) is 0 Å². The molecule has 0 fully saturated rings. The van der Waals surface area contributed by atoms with E-state index >= 15 is 0 Å². The Kier molecular flexibility index (Phi) is 6.67. The van der Waals surface area contributed by atoms with Gasteiger partial charge >= 0.3 is 37.4 Å². The summed E-state index contributed by atoms with van der Waals surface area (Å²) in [6.07, 6.45) is 0. The SMILES string of the molecule is O=P([O-])(Oc1ccccc1)Oc1ccccc1-c1ccccc1.[Na+]. The number of rotatable bonds is 5. The molecule has 0 saturated carbocycles. The Labute approximate surface area is 163 Å². The van der Waals surface area contributed by atoms with E-state index in [0.717, 1.165) is 5.56 Å². The third-order valence-electron chi connectivity index (χ3n) is 3.14. The molecule has 0 bridgehead atoms. The number of benzene rings is 3. The molecule has 0 aliphatic rings. The molecule has 0 N–H and O–H groups in total. The molecule has 0 amide bonds. The number of para-hydroxylation sites is 2. The first-order valence-electron chi connectivity index (χ1n) is 7.04. The summed E-state index contributed by atoms with van der Waals surface area (Å²) < 4.78 is 22.3. The fourth-order valence-electron chi connectivity index (χ4n) is 2.15. The largest absolute Gasteiger partial charge is 1.00 e. The summed E-state index contributed by atoms with van der Waals surface area (Å²) in [6.45, 7) is 0. The summed E-state index contributed by atoms with van der Waals surface area (Å²) in [6, 6.07) is 24.6. The molecule has 24 heavy (non-hydrogen) atoms. The molecule has 1 unspecified atom stereocenters. The van der Waals surface area contributed by atoms with Crippen molar-refractivity contribution in [3.8, 4) is 22.6 Å². The van der Waals surface area contributed by atoms with Gasteiger partial charge in [-0.1, -0.05) is 66.7 Å². The molecular weight excluding hydrogens is 334 g/mol. The van der Waals surface area contributed by atoms with Crippen LogP contribution in [-0.4, -0.2) is 0 Å². The summed E-state index contributed by atoms with van der Waals surface area (Å²) in [7, 11) is -4.53. The van der Waals surface area contributed by atoms with Gasteiger partial charge < -0.3 is 13.9 Å².